The van der Waals surface area contributed by atoms with Gasteiger partial charge in [0.1, 0.15) is 11.6 Å². The van der Waals surface area contributed by atoms with Crippen LogP contribution in [0.2, 0.25) is 0 Å². The summed E-state index contributed by atoms with van der Waals surface area (Å²) in [5, 5.41) is 9.43. The minimum absolute atomic E-state index is 0.0506. The lowest BCUT2D eigenvalue weighted by Crippen LogP contribution is -2.48. The van der Waals surface area contributed by atoms with Gasteiger partial charge in [0, 0.05) is 74.0 Å². The van der Waals surface area contributed by atoms with Crippen molar-refractivity contribution in [3.05, 3.63) is 29.8 Å². The largest absolute Gasteiger partial charge is 0.493 e. The van der Waals surface area contributed by atoms with Gasteiger partial charge >= 0.3 is 6.01 Å². The maximum Gasteiger partial charge on any atom is 0.319 e. The molecule has 0 spiro atoms. The fourth-order valence-corrected chi connectivity index (χ4v) is 4.13. The van der Waals surface area contributed by atoms with E-state index in [9.17, 15) is 5.11 Å². The van der Waals surface area contributed by atoms with Crippen molar-refractivity contribution < 1.29 is 9.84 Å². The van der Waals surface area contributed by atoms with Gasteiger partial charge in [0.2, 0.25) is 5.88 Å². The molecule has 1 saturated carbocycles. The third kappa shape index (κ3) is 5.65. The van der Waals surface area contributed by atoms with E-state index in [0.717, 1.165) is 44.4 Å². The topological polar surface area (TPSA) is 87.5 Å². The van der Waals surface area contributed by atoms with E-state index in [4.69, 9.17) is 14.7 Å². The van der Waals surface area contributed by atoms with Crippen LogP contribution in [0, 0.1) is 5.92 Å². The Morgan fingerprint density at radius 2 is 1.88 bits per heavy atom. The summed E-state index contributed by atoms with van der Waals surface area (Å²) >= 11 is 0. The molecule has 0 radical (unpaired) electrons. The van der Waals surface area contributed by atoms with Gasteiger partial charge in [-0.15, -0.1) is 0 Å². The van der Waals surface area contributed by atoms with Gasteiger partial charge in [0.05, 0.1) is 6.61 Å². The van der Waals surface area contributed by atoms with Crippen LogP contribution in [0.4, 0.5) is 5.82 Å². The van der Waals surface area contributed by atoms with Crippen molar-refractivity contribution in [3.63, 3.8) is 0 Å². The highest BCUT2D eigenvalue weighted by molar-refractivity contribution is 5.42. The summed E-state index contributed by atoms with van der Waals surface area (Å²) in [6.45, 7) is 14.2. The van der Waals surface area contributed by atoms with Gasteiger partial charge in [-0.1, -0.05) is 34.1 Å². The first-order valence-electron chi connectivity index (χ1n) is 11.8. The van der Waals surface area contributed by atoms with Gasteiger partial charge < -0.3 is 14.7 Å². The van der Waals surface area contributed by atoms with Gasteiger partial charge in [-0.2, -0.15) is 4.98 Å². The zero-order chi connectivity index (χ0) is 22.7. The fraction of sp³-hybridized carbons (Fsp3) is 0.667. The van der Waals surface area contributed by atoms with Crippen molar-refractivity contribution >= 4 is 5.82 Å². The van der Waals surface area contributed by atoms with Crippen LogP contribution in [0.5, 0.6) is 11.9 Å². The van der Waals surface area contributed by atoms with Crippen molar-refractivity contribution in [2.24, 2.45) is 5.92 Å². The summed E-state index contributed by atoms with van der Waals surface area (Å²) < 4.78 is 5.64. The average molecular weight is 441 g/mol. The highest BCUT2D eigenvalue weighted by Crippen LogP contribution is 2.37. The van der Waals surface area contributed by atoms with E-state index in [1.54, 1.807) is 0 Å². The molecule has 8 nitrogen and oxygen atoms in total. The van der Waals surface area contributed by atoms with Crippen molar-refractivity contribution in [1.29, 1.82) is 0 Å². The zero-order valence-electron chi connectivity index (χ0n) is 19.8. The first kappa shape index (κ1) is 22.7. The summed E-state index contributed by atoms with van der Waals surface area (Å²) in [5.74, 6) is 2.92. The predicted octanol–water partition coefficient (Wildman–Crippen LogP) is 3.37. The van der Waals surface area contributed by atoms with Crippen molar-refractivity contribution in [2.45, 2.75) is 58.3 Å². The van der Waals surface area contributed by atoms with Crippen LogP contribution in [0.3, 0.4) is 0 Å². The van der Waals surface area contributed by atoms with E-state index < -0.39 is 0 Å². The molecule has 0 bridgehead atoms. The quantitative estimate of drug-likeness (QED) is 0.701. The number of rotatable bonds is 7. The predicted molar refractivity (Wildman–Crippen MR) is 124 cm³/mol. The molecule has 174 valence electrons. The van der Waals surface area contributed by atoms with Gasteiger partial charge in [-0.05, 0) is 12.8 Å². The van der Waals surface area contributed by atoms with Crippen LogP contribution in [0.25, 0.3) is 0 Å². The molecule has 1 atom stereocenters. The van der Waals surface area contributed by atoms with E-state index >= 15 is 0 Å². The Labute approximate surface area is 191 Å². The van der Waals surface area contributed by atoms with E-state index in [-0.39, 0.29) is 17.3 Å². The molecule has 2 aromatic heterocycles. The van der Waals surface area contributed by atoms with Gasteiger partial charge in [0.15, 0.2) is 0 Å². The van der Waals surface area contributed by atoms with Crippen LogP contribution in [0.1, 0.15) is 64.4 Å². The van der Waals surface area contributed by atoms with Crippen LogP contribution in [-0.4, -0.2) is 69.3 Å². The third-order valence-electron chi connectivity index (χ3n) is 6.31. The van der Waals surface area contributed by atoms with Gasteiger partial charge in [-0.3, -0.25) is 4.90 Å². The lowest BCUT2D eigenvalue weighted by molar-refractivity contribution is 0.171. The summed E-state index contributed by atoms with van der Waals surface area (Å²) in [4.78, 5) is 22.7. The molecule has 1 unspecified atom stereocenters. The normalized spacial score (nSPS) is 18.9. The van der Waals surface area contributed by atoms with Crippen molar-refractivity contribution in [2.75, 3.05) is 44.2 Å². The minimum Gasteiger partial charge on any atom is -0.493 e. The number of aromatic hydroxyl groups is 1. The number of ether oxygens (including phenoxy) is 1. The Morgan fingerprint density at radius 1 is 1.12 bits per heavy atom. The molecule has 2 aliphatic rings. The molecule has 2 aromatic rings. The van der Waals surface area contributed by atoms with Crippen LogP contribution < -0.4 is 9.64 Å². The summed E-state index contributed by atoms with van der Waals surface area (Å²) in [6, 6.07) is 3.90. The number of hydrogen-bond acceptors (Lipinski definition) is 8. The molecule has 1 saturated heterocycles. The first-order chi connectivity index (χ1) is 15.3. The molecule has 0 amide bonds. The molecule has 2 fully saturated rings. The maximum atomic E-state index is 9.43. The molecule has 4 rings (SSSR count). The van der Waals surface area contributed by atoms with Gasteiger partial charge in [-0.25, -0.2) is 15.0 Å². The van der Waals surface area contributed by atoms with Crippen LogP contribution in [-0.2, 0) is 5.41 Å². The Balaban J connectivity index is 1.32. The Hall–Kier alpha value is -2.48. The molecular weight excluding hydrogens is 404 g/mol. The molecule has 0 aromatic carbocycles. The highest BCUT2D eigenvalue weighted by Gasteiger charge is 2.28. The van der Waals surface area contributed by atoms with E-state index in [1.807, 2.05) is 0 Å². The summed E-state index contributed by atoms with van der Waals surface area (Å²) in [6.07, 6.45) is 5.31. The van der Waals surface area contributed by atoms with Crippen molar-refractivity contribution in [1.82, 2.24) is 24.8 Å². The number of anilines is 1. The standard InChI is InChI=1S/C24H36N6O2/c1-17(16-32-23-25-9-8-21(31)28-23)15-29-10-12-30(13-11-29)20-14-19(18-6-5-7-18)26-22(27-20)24(2,3)4/h8-9,14,17-18H,5-7,10-13,15-16H2,1-4H3,(H,25,28,31). The fourth-order valence-electron chi connectivity index (χ4n) is 4.13. The molecular formula is C24H36N6O2. The number of aromatic nitrogens is 4. The molecule has 32 heavy (non-hydrogen) atoms. The Bertz CT molecular complexity index is 904. The highest BCUT2D eigenvalue weighted by atomic mass is 16.5. The Kier molecular flexibility index (Phi) is 6.79. The molecule has 1 aliphatic heterocycles. The molecule has 1 aliphatic carbocycles. The number of piperazine rings is 1. The Morgan fingerprint density at radius 3 is 2.50 bits per heavy atom. The zero-order valence-corrected chi connectivity index (χ0v) is 19.8. The molecule has 8 heteroatoms. The van der Waals surface area contributed by atoms with Crippen LogP contribution >= 0.6 is 0 Å². The lowest BCUT2D eigenvalue weighted by atomic mass is 9.82. The third-order valence-corrected chi connectivity index (χ3v) is 6.31. The molecule has 1 N–H and O–H groups in total. The average Bonchev–Trinajstić information content (AvgIpc) is 2.71. The summed E-state index contributed by atoms with van der Waals surface area (Å²) in [7, 11) is 0. The number of hydrogen-bond donors (Lipinski definition) is 1. The second kappa shape index (κ2) is 9.57. The van der Waals surface area contributed by atoms with E-state index in [0.29, 0.717) is 18.4 Å². The minimum atomic E-state index is -0.0708. The van der Waals surface area contributed by atoms with Gasteiger partial charge in [0.25, 0.3) is 0 Å². The second-order valence-corrected chi connectivity index (χ2v) is 10.3. The van der Waals surface area contributed by atoms with Crippen LogP contribution in [0.15, 0.2) is 18.3 Å². The molecule has 3 heterocycles. The second-order valence-electron chi connectivity index (χ2n) is 10.3. The lowest BCUT2D eigenvalue weighted by Gasteiger charge is -2.37. The smallest absolute Gasteiger partial charge is 0.319 e. The van der Waals surface area contributed by atoms with Crippen molar-refractivity contribution in [3.8, 4) is 11.9 Å². The SMILES string of the molecule is CC(COc1nccc(O)n1)CN1CCN(c2cc(C3CCC3)nc(C(C)(C)C)n2)CC1. The maximum absolute atomic E-state index is 9.43. The van der Waals surface area contributed by atoms with E-state index in [1.165, 1.54) is 37.2 Å². The van der Waals surface area contributed by atoms with E-state index in [2.05, 4.69) is 53.5 Å². The number of nitrogens with zero attached hydrogens (tertiary/aromatic N) is 6. The monoisotopic (exact) mass is 440 g/mol. The summed E-state index contributed by atoms with van der Waals surface area (Å²) in [5.41, 5.74) is 1.18. The first-order valence-corrected chi connectivity index (χ1v) is 11.8.